The van der Waals surface area contributed by atoms with Gasteiger partial charge in [-0.25, -0.2) is 4.79 Å². The summed E-state index contributed by atoms with van der Waals surface area (Å²) in [7, 11) is 4.13. The zero-order chi connectivity index (χ0) is 33.1. The van der Waals surface area contributed by atoms with Crippen LogP contribution in [0.25, 0.3) is 0 Å². The topological polar surface area (TPSA) is 111 Å². The molecule has 1 heterocycles. The predicted octanol–water partition coefficient (Wildman–Crippen LogP) is 4.43. The number of nitrogens with one attached hydrogen (secondary N) is 2. The first-order valence-electron chi connectivity index (χ1n) is 16.2. The fourth-order valence-electron chi connectivity index (χ4n) is 5.83. The maximum absolute atomic E-state index is 14.0. The second-order valence-electron chi connectivity index (χ2n) is 13.9. The predicted molar refractivity (Wildman–Crippen MR) is 178 cm³/mol. The zero-order valence-corrected chi connectivity index (χ0v) is 28.2. The second-order valence-corrected chi connectivity index (χ2v) is 13.9. The summed E-state index contributed by atoms with van der Waals surface area (Å²) in [4.78, 5) is 44.6. The summed E-state index contributed by atoms with van der Waals surface area (Å²) in [5.74, 6) is -1.11. The number of piperidine rings is 1. The van der Waals surface area contributed by atoms with Gasteiger partial charge >= 0.3 is 6.09 Å². The number of ether oxygens (including phenoxy) is 1. The molecule has 0 saturated carbocycles. The van der Waals surface area contributed by atoms with Gasteiger partial charge in [-0.15, -0.1) is 0 Å². The molecule has 9 nitrogen and oxygen atoms in total. The second kappa shape index (κ2) is 16.8. The Labute approximate surface area is 269 Å². The van der Waals surface area contributed by atoms with Crippen molar-refractivity contribution in [1.82, 2.24) is 20.4 Å². The van der Waals surface area contributed by atoms with E-state index < -0.39 is 35.8 Å². The number of likely N-dealkylation sites (tertiary alicyclic amines) is 1. The Morgan fingerprint density at radius 3 is 1.93 bits per heavy atom. The summed E-state index contributed by atoms with van der Waals surface area (Å²) in [6.45, 7) is 10.5. The van der Waals surface area contributed by atoms with Crippen molar-refractivity contribution in [2.45, 2.75) is 96.6 Å². The van der Waals surface area contributed by atoms with E-state index in [-0.39, 0.29) is 24.2 Å². The van der Waals surface area contributed by atoms with Crippen LogP contribution in [0.2, 0.25) is 0 Å². The molecule has 0 aliphatic carbocycles. The molecule has 3 rings (SSSR count). The molecule has 0 aromatic heterocycles. The molecule has 1 fully saturated rings. The monoisotopic (exact) mass is 622 g/mol. The molecule has 1 aliphatic heterocycles. The SMILES string of the molecule is CC(C)[C@H](NC(=O)[C@@H](Cc1ccccc1)C[C@@H](O)[C@H](Cc1ccccc1)NC(=O)OC(C)(C)C)C(=O)N1CCC(N(C)C)CC1. The summed E-state index contributed by atoms with van der Waals surface area (Å²) < 4.78 is 5.50. The number of amides is 3. The van der Waals surface area contributed by atoms with Gasteiger partial charge in [0.2, 0.25) is 11.8 Å². The van der Waals surface area contributed by atoms with Crippen LogP contribution in [0, 0.1) is 11.8 Å². The molecule has 0 radical (unpaired) electrons. The van der Waals surface area contributed by atoms with E-state index in [9.17, 15) is 19.5 Å². The molecule has 0 bridgehead atoms. The van der Waals surface area contributed by atoms with Crippen LogP contribution in [0.1, 0.15) is 65.0 Å². The molecule has 45 heavy (non-hydrogen) atoms. The number of carbonyl (C=O) groups is 3. The third-order valence-corrected chi connectivity index (χ3v) is 8.42. The van der Waals surface area contributed by atoms with Gasteiger partial charge in [-0.05, 0) is 84.0 Å². The fourth-order valence-corrected chi connectivity index (χ4v) is 5.83. The average molecular weight is 623 g/mol. The lowest BCUT2D eigenvalue weighted by atomic mass is 9.88. The molecule has 3 N–H and O–H groups in total. The van der Waals surface area contributed by atoms with Crippen LogP contribution < -0.4 is 10.6 Å². The molecule has 2 aromatic carbocycles. The van der Waals surface area contributed by atoms with Gasteiger partial charge in [0.15, 0.2) is 0 Å². The molecule has 3 amide bonds. The highest BCUT2D eigenvalue weighted by molar-refractivity contribution is 5.89. The van der Waals surface area contributed by atoms with Crippen LogP contribution in [0.3, 0.4) is 0 Å². The van der Waals surface area contributed by atoms with E-state index in [1.165, 1.54) is 0 Å². The minimum absolute atomic E-state index is 0.0666. The van der Waals surface area contributed by atoms with Gasteiger partial charge in [-0.1, -0.05) is 74.5 Å². The Morgan fingerprint density at radius 1 is 0.911 bits per heavy atom. The van der Waals surface area contributed by atoms with Gasteiger partial charge in [0.05, 0.1) is 12.1 Å². The van der Waals surface area contributed by atoms with Crippen LogP contribution >= 0.6 is 0 Å². The van der Waals surface area contributed by atoms with E-state index in [2.05, 4.69) is 29.6 Å². The number of benzene rings is 2. The third kappa shape index (κ3) is 11.8. The van der Waals surface area contributed by atoms with Gasteiger partial charge in [0, 0.05) is 25.0 Å². The summed E-state index contributed by atoms with van der Waals surface area (Å²) in [6.07, 6.45) is 0.923. The van der Waals surface area contributed by atoms with Gasteiger partial charge in [-0.3, -0.25) is 9.59 Å². The Kier molecular flexibility index (Phi) is 13.4. The van der Waals surface area contributed by atoms with Crippen molar-refractivity contribution >= 4 is 17.9 Å². The highest BCUT2D eigenvalue weighted by Crippen LogP contribution is 2.22. The van der Waals surface area contributed by atoms with Crippen LogP contribution in [0.15, 0.2) is 60.7 Å². The minimum atomic E-state index is -1.06. The largest absolute Gasteiger partial charge is 0.444 e. The number of alkyl carbamates (subject to hydrolysis) is 1. The molecular weight excluding hydrogens is 568 g/mol. The van der Waals surface area contributed by atoms with Crippen LogP contribution in [0.4, 0.5) is 4.79 Å². The van der Waals surface area contributed by atoms with Crippen LogP contribution in [0.5, 0.6) is 0 Å². The molecule has 248 valence electrons. The first kappa shape index (κ1) is 36.0. The number of hydrogen-bond donors (Lipinski definition) is 3. The van der Waals surface area contributed by atoms with Gasteiger partial charge < -0.3 is 30.3 Å². The molecule has 9 heteroatoms. The summed E-state index contributed by atoms with van der Waals surface area (Å²) >= 11 is 0. The van der Waals surface area contributed by atoms with Crippen molar-refractivity contribution in [3.05, 3.63) is 71.8 Å². The Balaban J connectivity index is 1.81. The van der Waals surface area contributed by atoms with Crippen LogP contribution in [-0.2, 0) is 27.2 Å². The third-order valence-electron chi connectivity index (χ3n) is 8.42. The van der Waals surface area contributed by atoms with Crippen molar-refractivity contribution in [3.8, 4) is 0 Å². The van der Waals surface area contributed by atoms with Gasteiger partial charge in [0.1, 0.15) is 11.6 Å². The van der Waals surface area contributed by atoms with Gasteiger partial charge in [-0.2, -0.15) is 0 Å². The highest BCUT2D eigenvalue weighted by atomic mass is 16.6. The lowest BCUT2D eigenvalue weighted by molar-refractivity contribution is -0.140. The van der Waals surface area contributed by atoms with Crippen molar-refractivity contribution < 1.29 is 24.2 Å². The van der Waals surface area contributed by atoms with E-state index in [1.54, 1.807) is 20.8 Å². The number of hydrogen-bond acceptors (Lipinski definition) is 6. The average Bonchev–Trinajstić information content (AvgIpc) is 2.98. The maximum Gasteiger partial charge on any atom is 0.407 e. The summed E-state index contributed by atoms with van der Waals surface area (Å²) in [6, 6.07) is 18.3. The van der Waals surface area contributed by atoms with Gasteiger partial charge in [0.25, 0.3) is 0 Å². The Hall–Kier alpha value is -3.43. The summed E-state index contributed by atoms with van der Waals surface area (Å²) in [5, 5.41) is 17.5. The van der Waals surface area contributed by atoms with E-state index in [0.29, 0.717) is 32.0 Å². The number of aliphatic hydroxyl groups excluding tert-OH is 1. The Morgan fingerprint density at radius 2 is 1.44 bits per heavy atom. The van der Waals surface area contributed by atoms with Crippen molar-refractivity contribution in [3.63, 3.8) is 0 Å². The molecule has 4 atom stereocenters. The van der Waals surface area contributed by atoms with E-state index in [0.717, 1.165) is 24.0 Å². The maximum atomic E-state index is 14.0. The highest BCUT2D eigenvalue weighted by Gasteiger charge is 2.35. The van der Waals surface area contributed by atoms with Crippen LogP contribution in [-0.4, -0.2) is 89.8 Å². The molecular formula is C36H54N4O5. The number of carbonyl (C=O) groups excluding carboxylic acids is 3. The minimum Gasteiger partial charge on any atom is -0.444 e. The first-order chi connectivity index (χ1) is 21.2. The quantitative estimate of drug-likeness (QED) is 0.305. The molecule has 1 aliphatic rings. The number of rotatable bonds is 13. The Bertz CT molecular complexity index is 1210. The zero-order valence-electron chi connectivity index (χ0n) is 28.2. The molecule has 0 unspecified atom stereocenters. The van der Waals surface area contributed by atoms with Crippen molar-refractivity contribution in [1.29, 1.82) is 0 Å². The normalized spacial score (nSPS) is 17.0. The molecule has 0 spiro atoms. The van der Waals surface area contributed by atoms with E-state index >= 15 is 0 Å². The van der Waals surface area contributed by atoms with E-state index in [4.69, 9.17) is 4.74 Å². The van der Waals surface area contributed by atoms with Crippen molar-refractivity contribution in [2.75, 3.05) is 27.2 Å². The number of aliphatic hydroxyl groups is 1. The fraction of sp³-hybridized carbons (Fsp3) is 0.583. The lowest BCUT2D eigenvalue weighted by Crippen LogP contribution is -2.55. The lowest BCUT2D eigenvalue weighted by Gasteiger charge is -2.38. The summed E-state index contributed by atoms with van der Waals surface area (Å²) in [5.41, 5.74) is 1.18. The smallest absolute Gasteiger partial charge is 0.407 e. The molecule has 2 aromatic rings. The van der Waals surface area contributed by atoms with E-state index in [1.807, 2.05) is 79.4 Å². The molecule has 1 saturated heterocycles. The van der Waals surface area contributed by atoms with Crippen molar-refractivity contribution in [2.24, 2.45) is 11.8 Å². The first-order valence-corrected chi connectivity index (χ1v) is 16.2. The number of nitrogens with zero attached hydrogens (tertiary/aromatic N) is 2. The standard InChI is InChI=1S/C36H54N4O5/c1-25(2)32(34(43)40-20-18-29(19-21-40)39(6)7)38-33(42)28(22-26-14-10-8-11-15-26)24-31(41)30(23-27-16-12-9-13-17-27)37-35(44)45-36(3,4)5/h8-17,25,28-32,41H,18-24H2,1-7H3,(H,37,44)(H,38,42)/t28-,30-,31+,32-/m0/s1.